The number of nitro groups is 1. The molecular formula is C18H13NO2. The summed E-state index contributed by atoms with van der Waals surface area (Å²) in [5.41, 5.74) is 1.78. The summed E-state index contributed by atoms with van der Waals surface area (Å²) in [6, 6.07) is 20.8. The highest BCUT2D eigenvalue weighted by atomic mass is 16.6. The molecule has 0 saturated carbocycles. The van der Waals surface area contributed by atoms with E-state index >= 15 is 0 Å². The summed E-state index contributed by atoms with van der Waals surface area (Å²) in [5.74, 6) is 0. The first-order chi connectivity index (χ1) is 10.3. The number of fused-ring (bicyclic) bond motifs is 1. The van der Waals surface area contributed by atoms with E-state index in [4.69, 9.17) is 0 Å². The van der Waals surface area contributed by atoms with Crippen LogP contribution >= 0.6 is 0 Å². The summed E-state index contributed by atoms with van der Waals surface area (Å²) in [6.45, 7) is 0. The van der Waals surface area contributed by atoms with Crippen molar-refractivity contribution in [2.45, 2.75) is 0 Å². The van der Waals surface area contributed by atoms with E-state index in [1.165, 1.54) is 0 Å². The van der Waals surface area contributed by atoms with Gasteiger partial charge in [0.25, 0.3) is 5.69 Å². The van der Waals surface area contributed by atoms with Crippen LogP contribution in [0.25, 0.3) is 22.9 Å². The topological polar surface area (TPSA) is 43.1 Å². The molecule has 0 unspecified atom stereocenters. The van der Waals surface area contributed by atoms with Crippen LogP contribution in [0.5, 0.6) is 0 Å². The van der Waals surface area contributed by atoms with E-state index in [1.54, 1.807) is 18.2 Å². The summed E-state index contributed by atoms with van der Waals surface area (Å²) in [6.07, 6.45) is 3.68. The Morgan fingerprint density at radius 2 is 1.52 bits per heavy atom. The zero-order valence-electron chi connectivity index (χ0n) is 11.3. The van der Waals surface area contributed by atoms with E-state index in [0.29, 0.717) is 10.9 Å². The molecule has 3 aromatic rings. The zero-order valence-corrected chi connectivity index (χ0v) is 11.3. The number of nitro benzene ring substituents is 1. The molecule has 102 valence electrons. The molecule has 0 aliphatic heterocycles. The van der Waals surface area contributed by atoms with Gasteiger partial charge < -0.3 is 0 Å². The van der Waals surface area contributed by atoms with Gasteiger partial charge in [0.2, 0.25) is 0 Å². The number of hydrogen-bond donors (Lipinski definition) is 0. The SMILES string of the molecule is O=[N+]([O-])c1c(/C=C/c2ccccc2)ccc2ccccc12. The minimum atomic E-state index is -0.312. The Morgan fingerprint density at radius 3 is 2.29 bits per heavy atom. The molecule has 0 aliphatic carbocycles. The van der Waals surface area contributed by atoms with E-state index < -0.39 is 0 Å². The van der Waals surface area contributed by atoms with E-state index in [2.05, 4.69) is 0 Å². The third kappa shape index (κ3) is 2.67. The average Bonchev–Trinajstić information content (AvgIpc) is 2.53. The van der Waals surface area contributed by atoms with Crippen LogP contribution in [-0.2, 0) is 0 Å². The standard InChI is InChI=1S/C18H13NO2/c20-19(21)18-16(11-10-14-6-2-1-3-7-14)13-12-15-8-4-5-9-17(15)18/h1-13H/b11-10+. The molecule has 0 saturated heterocycles. The van der Waals surface area contributed by atoms with Crippen molar-refractivity contribution in [2.75, 3.05) is 0 Å². The molecule has 0 spiro atoms. The van der Waals surface area contributed by atoms with Gasteiger partial charge in [-0.1, -0.05) is 60.7 Å². The molecule has 0 radical (unpaired) electrons. The maximum Gasteiger partial charge on any atom is 0.284 e. The quantitative estimate of drug-likeness (QED) is 0.387. The van der Waals surface area contributed by atoms with Gasteiger partial charge in [-0.3, -0.25) is 10.1 Å². The minimum Gasteiger partial charge on any atom is -0.258 e. The molecule has 0 bridgehead atoms. The normalized spacial score (nSPS) is 11.0. The third-order valence-corrected chi connectivity index (χ3v) is 3.37. The van der Waals surface area contributed by atoms with E-state index in [0.717, 1.165) is 10.9 Å². The lowest BCUT2D eigenvalue weighted by atomic mass is 10.0. The Morgan fingerprint density at radius 1 is 0.810 bits per heavy atom. The van der Waals surface area contributed by atoms with Crippen molar-refractivity contribution in [3.8, 4) is 0 Å². The van der Waals surface area contributed by atoms with Gasteiger partial charge >= 0.3 is 0 Å². The van der Waals surface area contributed by atoms with Crippen LogP contribution in [0.1, 0.15) is 11.1 Å². The lowest BCUT2D eigenvalue weighted by Gasteiger charge is -2.03. The first-order valence-corrected chi connectivity index (χ1v) is 6.65. The number of hydrogen-bond acceptors (Lipinski definition) is 2. The third-order valence-electron chi connectivity index (χ3n) is 3.37. The molecule has 3 rings (SSSR count). The van der Waals surface area contributed by atoms with Crippen LogP contribution in [-0.4, -0.2) is 4.92 Å². The predicted molar refractivity (Wildman–Crippen MR) is 86.0 cm³/mol. The van der Waals surface area contributed by atoms with Gasteiger partial charge in [0.1, 0.15) is 0 Å². The van der Waals surface area contributed by atoms with Crippen molar-refractivity contribution in [3.63, 3.8) is 0 Å². The smallest absolute Gasteiger partial charge is 0.258 e. The molecule has 3 nitrogen and oxygen atoms in total. The van der Waals surface area contributed by atoms with Crippen molar-refractivity contribution in [1.29, 1.82) is 0 Å². The summed E-state index contributed by atoms with van der Waals surface area (Å²) in [4.78, 5) is 11.1. The van der Waals surface area contributed by atoms with Crippen LogP contribution in [0.2, 0.25) is 0 Å². The Hall–Kier alpha value is -2.94. The summed E-state index contributed by atoms with van der Waals surface area (Å²) in [7, 11) is 0. The van der Waals surface area contributed by atoms with Gasteiger partial charge in [-0.05, 0) is 29.2 Å². The Balaban J connectivity index is 2.12. The minimum absolute atomic E-state index is 0.153. The van der Waals surface area contributed by atoms with Crippen molar-refractivity contribution >= 4 is 28.6 Å². The molecule has 0 heterocycles. The molecule has 21 heavy (non-hydrogen) atoms. The van der Waals surface area contributed by atoms with Crippen LogP contribution in [0, 0.1) is 10.1 Å². The van der Waals surface area contributed by atoms with E-state index in [-0.39, 0.29) is 10.6 Å². The van der Waals surface area contributed by atoms with Crippen LogP contribution in [0.15, 0.2) is 66.7 Å². The van der Waals surface area contributed by atoms with Crippen molar-refractivity contribution in [2.24, 2.45) is 0 Å². The largest absolute Gasteiger partial charge is 0.284 e. The number of rotatable bonds is 3. The summed E-state index contributed by atoms with van der Waals surface area (Å²) < 4.78 is 0. The second-order valence-corrected chi connectivity index (χ2v) is 4.73. The van der Waals surface area contributed by atoms with Crippen LogP contribution in [0.3, 0.4) is 0 Å². The predicted octanol–water partition coefficient (Wildman–Crippen LogP) is 4.92. The van der Waals surface area contributed by atoms with Gasteiger partial charge in [0, 0.05) is 0 Å². The highest BCUT2D eigenvalue weighted by molar-refractivity contribution is 5.95. The Labute approximate surface area is 122 Å². The van der Waals surface area contributed by atoms with Gasteiger partial charge in [-0.25, -0.2) is 0 Å². The Kier molecular flexibility index (Phi) is 3.48. The van der Waals surface area contributed by atoms with Crippen molar-refractivity contribution in [3.05, 3.63) is 88.0 Å². The fourth-order valence-corrected chi connectivity index (χ4v) is 2.36. The first kappa shape index (κ1) is 13.1. The molecule has 0 aliphatic rings. The molecule has 3 aromatic carbocycles. The van der Waals surface area contributed by atoms with Gasteiger partial charge in [0.15, 0.2) is 0 Å². The first-order valence-electron chi connectivity index (χ1n) is 6.65. The second kappa shape index (κ2) is 5.59. The van der Waals surface area contributed by atoms with Gasteiger partial charge in [0.05, 0.1) is 15.9 Å². The fourth-order valence-electron chi connectivity index (χ4n) is 2.36. The highest BCUT2D eigenvalue weighted by Crippen LogP contribution is 2.30. The second-order valence-electron chi connectivity index (χ2n) is 4.73. The lowest BCUT2D eigenvalue weighted by Crippen LogP contribution is -1.93. The molecular weight excluding hydrogens is 262 g/mol. The maximum absolute atomic E-state index is 11.4. The monoisotopic (exact) mass is 275 g/mol. The maximum atomic E-state index is 11.4. The Bertz CT molecular complexity index is 823. The van der Waals surface area contributed by atoms with Crippen LogP contribution < -0.4 is 0 Å². The molecule has 0 N–H and O–H groups in total. The summed E-state index contributed by atoms with van der Waals surface area (Å²) in [5, 5.41) is 13.0. The fraction of sp³-hybridized carbons (Fsp3) is 0. The molecule has 3 heteroatoms. The van der Waals surface area contributed by atoms with Gasteiger partial charge in [-0.2, -0.15) is 0 Å². The van der Waals surface area contributed by atoms with Crippen molar-refractivity contribution < 1.29 is 4.92 Å². The van der Waals surface area contributed by atoms with E-state index in [1.807, 2.05) is 60.7 Å². The van der Waals surface area contributed by atoms with Gasteiger partial charge in [-0.15, -0.1) is 0 Å². The summed E-state index contributed by atoms with van der Waals surface area (Å²) >= 11 is 0. The lowest BCUT2D eigenvalue weighted by molar-refractivity contribution is -0.383. The van der Waals surface area contributed by atoms with E-state index in [9.17, 15) is 10.1 Å². The molecule has 0 atom stereocenters. The average molecular weight is 275 g/mol. The molecule has 0 aromatic heterocycles. The number of nitrogens with zero attached hydrogens (tertiary/aromatic N) is 1. The molecule has 0 fully saturated rings. The number of benzene rings is 3. The van der Waals surface area contributed by atoms with Crippen molar-refractivity contribution in [1.82, 2.24) is 0 Å². The van der Waals surface area contributed by atoms with Crippen LogP contribution in [0.4, 0.5) is 5.69 Å². The zero-order chi connectivity index (χ0) is 14.7. The highest BCUT2D eigenvalue weighted by Gasteiger charge is 2.15. The molecule has 0 amide bonds.